The van der Waals surface area contributed by atoms with Crippen molar-refractivity contribution >= 4 is 0 Å². The summed E-state index contributed by atoms with van der Waals surface area (Å²) in [7, 11) is 0. The maximum atomic E-state index is 6.12. The molecule has 3 heteroatoms. The van der Waals surface area contributed by atoms with E-state index in [0.717, 1.165) is 12.3 Å². The van der Waals surface area contributed by atoms with E-state index in [0.29, 0.717) is 12.6 Å². The Morgan fingerprint density at radius 3 is 2.44 bits per heavy atom. The number of ether oxygens (including phenoxy) is 2. The lowest BCUT2D eigenvalue weighted by molar-refractivity contribution is -0.0998. The number of nitrogens with zero attached hydrogens (tertiary/aromatic N) is 1. The maximum Gasteiger partial charge on any atom is 0.212 e. The average Bonchev–Trinajstić information content (AvgIpc) is 2.69. The van der Waals surface area contributed by atoms with Crippen LogP contribution in [0, 0.1) is 0 Å². The summed E-state index contributed by atoms with van der Waals surface area (Å²) in [5, 5.41) is 0. The summed E-state index contributed by atoms with van der Waals surface area (Å²) < 4.78 is 12.0. The number of likely N-dealkylation sites (tertiary alicyclic amines) is 1. The van der Waals surface area contributed by atoms with Gasteiger partial charge in [0.2, 0.25) is 6.29 Å². The van der Waals surface area contributed by atoms with Crippen molar-refractivity contribution in [2.24, 2.45) is 0 Å². The molecule has 0 amide bonds. The van der Waals surface area contributed by atoms with E-state index in [9.17, 15) is 0 Å². The Balaban J connectivity index is 1.76. The van der Waals surface area contributed by atoms with Crippen molar-refractivity contribution in [2.45, 2.75) is 96.8 Å². The molecule has 2 atom stereocenters. The molecule has 0 aliphatic carbocycles. The van der Waals surface area contributed by atoms with E-state index in [2.05, 4.69) is 11.8 Å². The molecule has 1 aliphatic heterocycles. The Hall–Kier alpha value is -1.06. The van der Waals surface area contributed by atoms with Crippen molar-refractivity contribution in [3.63, 3.8) is 0 Å². The van der Waals surface area contributed by atoms with Gasteiger partial charge in [-0.3, -0.25) is 4.90 Å². The lowest BCUT2D eigenvalue weighted by Crippen LogP contribution is -2.46. The zero-order chi connectivity index (χ0) is 19.2. The topological polar surface area (TPSA) is 21.7 Å². The second-order valence-electron chi connectivity index (χ2n) is 7.87. The van der Waals surface area contributed by atoms with Crippen molar-refractivity contribution in [1.82, 2.24) is 4.90 Å². The first kappa shape index (κ1) is 22.2. The molecule has 2 rings (SSSR count). The Morgan fingerprint density at radius 2 is 1.70 bits per heavy atom. The molecule has 1 aromatic rings. The van der Waals surface area contributed by atoms with Gasteiger partial charge in [0.25, 0.3) is 0 Å². The number of hydrogen-bond donors (Lipinski definition) is 0. The normalized spacial score (nSPS) is 19.1. The van der Waals surface area contributed by atoms with Crippen molar-refractivity contribution in [2.75, 3.05) is 19.7 Å². The fourth-order valence-electron chi connectivity index (χ4n) is 4.12. The van der Waals surface area contributed by atoms with Crippen molar-refractivity contribution in [3.8, 4) is 5.75 Å². The van der Waals surface area contributed by atoms with Crippen molar-refractivity contribution in [1.29, 1.82) is 0 Å². The molecule has 0 spiro atoms. The van der Waals surface area contributed by atoms with E-state index in [1.807, 2.05) is 37.3 Å². The average molecular weight is 376 g/mol. The highest BCUT2D eigenvalue weighted by molar-refractivity contribution is 5.21. The van der Waals surface area contributed by atoms with Gasteiger partial charge in [0.05, 0.1) is 6.54 Å². The fourth-order valence-corrected chi connectivity index (χ4v) is 4.12. The predicted molar refractivity (Wildman–Crippen MR) is 114 cm³/mol. The van der Waals surface area contributed by atoms with Crippen LogP contribution in [0.5, 0.6) is 5.75 Å². The third-order valence-electron chi connectivity index (χ3n) is 5.64. The first-order valence-corrected chi connectivity index (χ1v) is 11.4. The molecule has 1 aliphatic rings. The van der Waals surface area contributed by atoms with E-state index in [4.69, 9.17) is 9.47 Å². The number of unbranched alkanes of at least 4 members (excludes halogenated alkanes) is 6. The van der Waals surface area contributed by atoms with Crippen LogP contribution in [0.3, 0.4) is 0 Å². The van der Waals surface area contributed by atoms with Crippen LogP contribution in [-0.4, -0.2) is 36.9 Å². The summed E-state index contributed by atoms with van der Waals surface area (Å²) in [5.74, 6) is 0.900. The second-order valence-corrected chi connectivity index (χ2v) is 7.87. The quantitative estimate of drug-likeness (QED) is 0.276. The number of piperidine rings is 1. The molecule has 2 unspecified atom stereocenters. The minimum absolute atomic E-state index is 0.174. The molecular weight excluding hydrogens is 334 g/mol. The zero-order valence-corrected chi connectivity index (χ0v) is 17.7. The van der Waals surface area contributed by atoms with E-state index in [-0.39, 0.29) is 6.29 Å². The number of para-hydroxylation sites is 1. The van der Waals surface area contributed by atoms with Crippen molar-refractivity contribution in [3.05, 3.63) is 30.3 Å². The van der Waals surface area contributed by atoms with Crippen LogP contribution in [0.15, 0.2) is 30.3 Å². The van der Waals surface area contributed by atoms with Crippen LogP contribution in [0.1, 0.15) is 84.5 Å². The molecule has 1 heterocycles. The van der Waals surface area contributed by atoms with Gasteiger partial charge in [-0.1, -0.05) is 76.5 Å². The monoisotopic (exact) mass is 375 g/mol. The first-order chi connectivity index (χ1) is 13.3. The van der Waals surface area contributed by atoms with Crippen LogP contribution in [-0.2, 0) is 4.74 Å². The standard InChI is InChI=1S/C24H41NO2/c1-3-5-6-7-8-9-11-16-22-17-14-15-20-25(22)21-24(26-4-2)27-23-18-12-10-13-19-23/h10,12-13,18-19,22,24H,3-9,11,14-17,20-21H2,1-2H3. The minimum atomic E-state index is -0.174. The third kappa shape index (κ3) is 9.12. The van der Waals surface area contributed by atoms with Gasteiger partial charge in [-0.25, -0.2) is 0 Å². The smallest absolute Gasteiger partial charge is 0.212 e. The van der Waals surface area contributed by atoms with Gasteiger partial charge in [0.1, 0.15) is 5.75 Å². The van der Waals surface area contributed by atoms with Gasteiger partial charge < -0.3 is 9.47 Å². The van der Waals surface area contributed by atoms with Crippen LogP contribution in [0.2, 0.25) is 0 Å². The van der Waals surface area contributed by atoms with Gasteiger partial charge in [0, 0.05) is 12.6 Å². The van der Waals surface area contributed by atoms with E-state index >= 15 is 0 Å². The first-order valence-electron chi connectivity index (χ1n) is 11.4. The summed E-state index contributed by atoms with van der Waals surface area (Å²) in [6.07, 6.45) is 14.9. The van der Waals surface area contributed by atoms with Gasteiger partial charge in [-0.05, 0) is 44.9 Å². The molecule has 0 bridgehead atoms. The summed E-state index contributed by atoms with van der Waals surface area (Å²) in [6.45, 7) is 7.09. The van der Waals surface area contributed by atoms with Crippen molar-refractivity contribution < 1.29 is 9.47 Å². The van der Waals surface area contributed by atoms with Gasteiger partial charge >= 0.3 is 0 Å². The highest BCUT2D eigenvalue weighted by Crippen LogP contribution is 2.23. The summed E-state index contributed by atoms with van der Waals surface area (Å²) in [4.78, 5) is 2.63. The molecule has 1 saturated heterocycles. The molecule has 0 saturated carbocycles. The second kappa shape index (κ2) is 14.0. The zero-order valence-electron chi connectivity index (χ0n) is 17.7. The highest BCUT2D eigenvalue weighted by atomic mass is 16.7. The third-order valence-corrected chi connectivity index (χ3v) is 5.64. The van der Waals surface area contributed by atoms with E-state index in [1.54, 1.807) is 0 Å². The number of hydrogen-bond acceptors (Lipinski definition) is 3. The SMILES string of the molecule is CCCCCCCCCC1CCCCN1CC(OCC)Oc1ccccc1. The lowest BCUT2D eigenvalue weighted by Gasteiger charge is -2.37. The van der Waals surface area contributed by atoms with Gasteiger partial charge in [-0.2, -0.15) is 0 Å². The molecule has 154 valence electrons. The van der Waals surface area contributed by atoms with Crippen LogP contribution < -0.4 is 4.74 Å². The number of benzene rings is 1. The Labute approximate surface area is 167 Å². The Morgan fingerprint density at radius 1 is 0.963 bits per heavy atom. The summed E-state index contributed by atoms with van der Waals surface area (Å²) >= 11 is 0. The largest absolute Gasteiger partial charge is 0.464 e. The van der Waals surface area contributed by atoms with Crippen LogP contribution in [0.25, 0.3) is 0 Å². The predicted octanol–water partition coefficient (Wildman–Crippen LogP) is 6.42. The Bertz CT molecular complexity index is 465. The highest BCUT2D eigenvalue weighted by Gasteiger charge is 2.25. The molecule has 0 radical (unpaired) electrons. The molecular formula is C24H41NO2. The maximum absolute atomic E-state index is 6.12. The molecule has 3 nitrogen and oxygen atoms in total. The summed E-state index contributed by atoms with van der Waals surface area (Å²) in [5.41, 5.74) is 0. The van der Waals surface area contributed by atoms with Crippen LogP contribution >= 0.6 is 0 Å². The number of rotatable bonds is 14. The van der Waals surface area contributed by atoms with Gasteiger partial charge in [0.15, 0.2) is 0 Å². The molecule has 0 N–H and O–H groups in total. The minimum Gasteiger partial charge on any atom is -0.464 e. The lowest BCUT2D eigenvalue weighted by atomic mass is 9.96. The van der Waals surface area contributed by atoms with E-state index < -0.39 is 0 Å². The molecule has 0 aromatic heterocycles. The van der Waals surface area contributed by atoms with Gasteiger partial charge in [-0.15, -0.1) is 0 Å². The summed E-state index contributed by atoms with van der Waals surface area (Å²) in [6, 6.07) is 10.8. The molecule has 1 fully saturated rings. The molecule has 27 heavy (non-hydrogen) atoms. The Kier molecular flexibility index (Phi) is 11.5. The fraction of sp³-hybridized carbons (Fsp3) is 0.750. The molecule has 1 aromatic carbocycles. The van der Waals surface area contributed by atoms with E-state index in [1.165, 1.54) is 77.2 Å². The van der Waals surface area contributed by atoms with Crippen LogP contribution in [0.4, 0.5) is 0 Å².